The van der Waals surface area contributed by atoms with Gasteiger partial charge >= 0.3 is 0 Å². The van der Waals surface area contributed by atoms with Crippen molar-refractivity contribution in [1.82, 2.24) is 4.98 Å². The number of fused-ring (bicyclic) bond motifs is 1. The van der Waals surface area contributed by atoms with Crippen LogP contribution in [0.15, 0.2) is 30.6 Å². The van der Waals surface area contributed by atoms with Gasteiger partial charge in [-0.05, 0) is 23.9 Å². The average Bonchev–Trinajstić information content (AvgIpc) is 2.28. The van der Waals surface area contributed by atoms with Gasteiger partial charge in [-0.3, -0.25) is 4.98 Å². The van der Waals surface area contributed by atoms with Gasteiger partial charge in [-0.25, -0.2) is 4.39 Å². The molecule has 2 aromatic rings. The van der Waals surface area contributed by atoms with Gasteiger partial charge in [0.25, 0.3) is 0 Å². The van der Waals surface area contributed by atoms with Crippen LogP contribution in [-0.4, -0.2) is 4.98 Å². The van der Waals surface area contributed by atoms with Gasteiger partial charge in [0.2, 0.25) is 0 Å². The number of pyridine rings is 1. The molecule has 1 heterocycles. The van der Waals surface area contributed by atoms with Crippen molar-refractivity contribution in [1.29, 1.82) is 5.26 Å². The second-order valence-corrected chi connectivity index (χ2v) is 3.41. The molecule has 0 aliphatic heterocycles. The van der Waals surface area contributed by atoms with E-state index < -0.39 is 0 Å². The Morgan fingerprint density at radius 3 is 2.87 bits per heavy atom. The lowest BCUT2D eigenvalue weighted by Crippen LogP contribution is -1.93. The third kappa shape index (κ3) is 1.55. The Morgan fingerprint density at radius 1 is 1.33 bits per heavy atom. The van der Waals surface area contributed by atoms with Gasteiger partial charge < -0.3 is 0 Å². The van der Waals surface area contributed by atoms with Crippen LogP contribution in [-0.2, 0) is 0 Å². The van der Waals surface area contributed by atoms with Gasteiger partial charge in [-0.15, -0.1) is 0 Å². The van der Waals surface area contributed by atoms with Crippen LogP contribution >= 0.6 is 0 Å². The predicted octanol–water partition coefficient (Wildman–Crippen LogP) is 3.00. The third-order valence-corrected chi connectivity index (χ3v) is 2.44. The summed E-state index contributed by atoms with van der Waals surface area (Å²) in [4.78, 5) is 3.95. The summed E-state index contributed by atoms with van der Waals surface area (Å²) in [5.74, 6) is -0.574. The predicted molar refractivity (Wildman–Crippen MR) is 55.7 cm³/mol. The van der Waals surface area contributed by atoms with E-state index in [1.807, 2.05) is 6.07 Å². The molecule has 0 unspecified atom stereocenters. The Bertz CT molecular complexity index is 543. The molecule has 74 valence electrons. The molecule has 0 saturated heterocycles. The molecule has 0 radical (unpaired) electrons. The van der Waals surface area contributed by atoms with Gasteiger partial charge in [0.1, 0.15) is 5.82 Å². The first-order valence-corrected chi connectivity index (χ1v) is 4.66. The van der Waals surface area contributed by atoms with E-state index in [0.29, 0.717) is 5.39 Å². The molecule has 1 atom stereocenters. The summed E-state index contributed by atoms with van der Waals surface area (Å²) in [5, 5.41) is 10.1. The van der Waals surface area contributed by atoms with Crippen molar-refractivity contribution in [3.8, 4) is 6.07 Å². The second kappa shape index (κ2) is 3.66. The van der Waals surface area contributed by atoms with Crippen molar-refractivity contribution in [2.24, 2.45) is 0 Å². The average molecular weight is 200 g/mol. The minimum absolute atomic E-state index is 0.275. The highest BCUT2D eigenvalue weighted by atomic mass is 19.1. The number of rotatable bonds is 1. The molecule has 0 fully saturated rings. The molecule has 0 N–H and O–H groups in total. The third-order valence-electron chi connectivity index (χ3n) is 2.44. The molecule has 0 saturated carbocycles. The van der Waals surface area contributed by atoms with Crippen LogP contribution in [0.2, 0.25) is 0 Å². The Kier molecular flexibility index (Phi) is 2.34. The molecule has 0 aliphatic rings. The minimum atomic E-state index is -0.299. The number of benzene rings is 1. The van der Waals surface area contributed by atoms with Gasteiger partial charge in [-0.1, -0.05) is 12.1 Å². The molecule has 0 amide bonds. The zero-order valence-electron chi connectivity index (χ0n) is 8.24. The first-order valence-electron chi connectivity index (χ1n) is 4.66. The number of nitriles is 1. The summed E-state index contributed by atoms with van der Waals surface area (Å²) in [6, 6.07) is 6.98. The van der Waals surface area contributed by atoms with E-state index in [0.717, 1.165) is 10.9 Å². The molecule has 2 rings (SSSR count). The maximum absolute atomic E-state index is 13.4. The summed E-state index contributed by atoms with van der Waals surface area (Å²) in [6.07, 6.45) is 3.11. The molecule has 1 aromatic heterocycles. The Balaban J connectivity index is 2.78. The Hall–Kier alpha value is -1.95. The van der Waals surface area contributed by atoms with Crippen LogP contribution in [0.4, 0.5) is 4.39 Å². The van der Waals surface area contributed by atoms with Crippen LogP contribution in [0, 0.1) is 17.1 Å². The maximum Gasteiger partial charge on any atom is 0.132 e. The van der Waals surface area contributed by atoms with Crippen molar-refractivity contribution in [2.75, 3.05) is 0 Å². The quantitative estimate of drug-likeness (QED) is 0.709. The zero-order chi connectivity index (χ0) is 10.8. The molecule has 2 nitrogen and oxygen atoms in total. The van der Waals surface area contributed by atoms with Crippen LogP contribution < -0.4 is 0 Å². The van der Waals surface area contributed by atoms with Crippen molar-refractivity contribution in [3.63, 3.8) is 0 Å². The van der Waals surface area contributed by atoms with E-state index in [-0.39, 0.29) is 11.7 Å². The topological polar surface area (TPSA) is 36.7 Å². The molecular formula is C12H9FN2. The molecule has 0 spiro atoms. The molecule has 15 heavy (non-hydrogen) atoms. The fraction of sp³-hybridized carbons (Fsp3) is 0.167. The number of hydrogen-bond donors (Lipinski definition) is 0. The molecule has 0 bridgehead atoms. The summed E-state index contributed by atoms with van der Waals surface area (Å²) >= 11 is 0. The van der Waals surface area contributed by atoms with Crippen molar-refractivity contribution in [3.05, 3.63) is 42.0 Å². The van der Waals surface area contributed by atoms with E-state index in [1.165, 1.54) is 12.3 Å². The highest BCUT2D eigenvalue weighted by Gasteiger charge is 2.10. The smallest absolute Gasteiger partial charge is 0.132 e. The van der Waals surface area contributed by atoms with E-state index in [1.54, 1.807) is 19.2 Å². The highest BCUT2D eigenvalue weighted by Crippen LogP contribution is 2.25. The van der Waals surface area contributed by atoms with Crippen molar-refractivity contribution >= 4 is 10.8 Å². The first-order chi connectivity index (χ1) is 7.24. The van der Waals surface area contributed by atoms with Crippen LogP contribution in [0.25, 0.3) is 10.8 Å². The minimum Gasteiger partial charge on any atom is -0.264 e. The number of hydrogen-bond acceptors (Lipinski definition) is 2. The fourth-order valence-electron chi connectivity index (χ4n) is 1.60. The largest absolute Gasteiger partial charge is 0.264 e. The maximum atomic E-state index is 13.4. The van der Waals surface area contributed by atoms with E-state index in [9.17, 15) is 4.39 Å². The van der Waals surface area contributed by atoms with Crippen LogP contribution in [0.1, 0.15) is 18.4 Å². The molecule has 3 heteroatoms. The fourth-order valence-corrected chi connectivity index (χ4v) is 1.60. The number of nitrogens with zero attached hydrogens (tertiary/aromatic N) is 2. The molecular weight excluding hydrogens is 191 g/mol. The summed E-state index contributed by atoms with van der Waals surface area (Å²) in [7, 11) is 0. The summed E-state index contributed by atoms with van der Waals surface area (Å²) in [5.41, 5.74) is 0.773. The Labute approximate surface area is 87.0 Å². The monoisotopic (exact) mass is 200 g/mol. The van der Waals surface area contributed by atoms with Gasteiger partial charge in [0.05, 0.1) is 12.0 Å². The highest BCUT2D eigenvalue weighted by molar-refractivity contribution is 5.85. The second-order valence-electron chi connectivity index (χ2n) is 3.41. The Morgan fingerprint density at radius 2 is 2.13 bits per heavy atom. The van der Waals surface area contributed by atoms with Crippen molar-refractivity contribution < 1.29 is 4.39 Å². The van der Waals surface area contributed by atoms with Crippen LogP contribution in [0.5, 0.6) is 0 Å². The zero-order valence-corrected chi connectivity index (χ0v) is 8.24. The lowest BCUT2D eigenvalue weighted by molar-refractivity contribution is 0.639. The first kappa shape index (κ1) is 9.60. The normalized spacial score (nSPS) is 12.3. The molecule has 0 aliphatic carbocycles. The lowest BCUT2D eigenvalue weighted by Gasteiger charge is -2.07. The summed E-state index contributed by atoms with van der Waals surface area (Å²) in [6.45, 7) is 1.78. The standard InChI is InChI=1S/C12H9FN2/c1-8(5-14)10-6-15-7-11-9(10)3-2-4-12(11)13/h2-4,6-8H,1H3/t8-/m0/s1. The van der Waals surface area contributed by atoms with Crippen LogP contribution in [0.3, 0.4) is 0 Å². The summed E-state index contributed by atoms with van der Waals surface area (Å²) < 4.78 is 13.4. The number of halogens is 1. The van der Waals surface area contributed by atoms with Gasteiger partial charge in [0.15, 0.2) is 0 Å². The number of aromatic nitrogens is 1. The van der Waals surface area contributed by atoms with E-state index in [4.69, 9.17) is 5.26 Å². The molecule has 1 aromatic carbocycles. The SMILES string of the molecule is C[C@@H](C#N)c1cncc2c(F)cccc12. The van der Waals surface area contributed by atoms with E-state index in [2.05, 4.69) is 11.1 Å². The van der Waals surface area contributed by atoms with Gasteiger partial charge in [0, 0.05) is 17.8 Å². The van der Waals surface area contributed by atoms with E-state index >= 15 is 0 Å². The van der Waals surface area contributed by atoms with Crippen molar-refractivity contribution in [2.45, 2.75) is 12.8 Å². The lowest BCUT2D eigenvalue weighted by atomic mass is 9.98. The van der Waals surface area contributed by atoms with Gasteiger partial charge in [-0.2, -0.15) is 5.26 Å².